The van der Waals surface area contributed by atoms with Crippen LogP contribution in [0.1, 0.15) is 31.1 Å². The van der Waals surface area contributed by atoms with Crippen molar-refractivity contribution in [3.8, 4) is 0 Å². The molecule has 1 heterocycles. The van der Waals surface area contributed by atoms with Gasteiger partial charge in [-0.1, -0.05) is 13.8 Å². The largest absolute Gasteiger partial charge is 0.348 e. The maximum absolute atomic E-state index is 12.1. The van der Waals surface area contributed by atoms with E-state index in [9.17, 15) is 4.79 Å². The van der Waals surface area contributed by atoms with E-state index in [0.29, 0.717) is 5.56 Å². The van der Waals surface area contributed by atoms with E-state index >= 15 is 0 Å². The molecule has 1 rings (SSSR count). The number of rotatable bonds is 6. The van der Waals surface area contributed by atoms with E-state index in [4.69, 9.17) is 0 Å². The number of thiophene rings is 1. The molecular formula is C12H18Br2N2OS. The Labute approximate surface area is 129 Å². The van der Waals surface area contributed by atoms with Gasteiger partial charge in [-0.25, -0.2) is 0 Å². The van der Waals surface area contributed by atoms with Gasteiger partial charge in [0.2, 0.25) is 0 Å². The Hall–Kier alpha value is 0.0900. The van der Waals surface area contributed by atoms with Crippen molar-refractivity contribution < 1.29 is 4.79 Å². The molecule has 0 aliphatic heterocycles. The predicted octanol–water partition coefficient (Wildman–Crippen LogP) is 3.73. The molecule has 1 N–H and O–H groups in total. The first-order chi connectivity index (χ1) is 8.47. The van der Waals surface area contributed by atoms with Gasteiger partial charge in [-0.05, 0) is 57.9 Å². The second-order valence-corrected chi connectivity index (χ2v) is 7.85. The molecule has 6 heteroatoms. The standard InChI is InChI=1S/C12H18Br2N2OS/c1-4-16(5-2)7-8(3)15-12(17)9-6-10(13)18-11(9)14/h6,8H,4-5,7H2,1-3H3,(H,15,17). The van der Waals surface area contributed by atoms with E-state index in [1.54, 1.807) is 0 Å². The smallest absolute Gasteiger partial charge is 0.253 e. The minimum Gasteiger partial charge on any atom is -0.348 e. The van der Waals surface area contributed by atoms with Crippen LogP contribution >= 0.6 is 43.2 Å². The quantitative estimate of drug-likeness (QED) is 0.792. The predicted molar refractivity (Wildman–Crippen MR) is 84.4 cm³/mol. The summed E-state index contributed by atoms with van der Waals surface area (Å²) in [4.78, 5) is 14.4. The molecule has 0 aliphatic rings. The van der Waals surface area contributed by atoms with E-state index < -0.39 is 0 Å². The van der Waals surface area contributed by atoms with Crippen LogP contribution in [-0.2, 0) is 0 Å². The lowest BCUT2D eigenvalue weighted by atomic mass is 10.2. The van der Waals surface area contributed by atoms with Gasteiger partial charge in [0.1, 0.15) is 0 Å². The molecule has 3 nitrogen and oxygen atoms in total. The number of likely N-dealkylation sites (N-methyl/N-ethyl adjacent to an activating group) is 1. The molecule has 0 fully saturated rings. The van der Waals surface area contributed by atoms with Gasteiger partial charge in [-0.15, -0.1) is 11.3 Å². The van der Waals surface area contributed by atoms with Crippen molar-refractivity contribution in [2.75, 3.05) is 19.6 Å². The van der Waals surface area contributed by atoms with Gasteiger partial charge in [0.15, 0.2) is 0 Å². The number of nitrogens with zero attached hydrogens (tertiary/aromatic N) is 1. The molecular weight excluding hydrogens is 380 g/mol. The third-order valence-electron chi connectivity index (χ3n) is 2.71. The van der Waals surface area contributed by atoms with Crippen molar-refractivity contribution in [1.29, 1.82) is 0 Å². The molecule has 102 valence electrons. The van der Waals surface area contributed by atoms with E-state index in [0.717, 1.165) is 27.2 Å². The summed E-state index contributed by atoms with van der Waals surface area (Å²) in [6.07, 6.45) is 0. The molecule has 0 aliphatic carbocycles. The van der Waals surface area contributed by atoms with Crippen molar-refractivity contribution in [2.24, 2.45) is 0 Å². The number of amides is 1. The number of halogens is 2. The van der Waals surface area contributed by atoms with Crippen LogP contribution in [0.15, 0.2) is 13.6 Å². The number of hydrogen-bond acceptors (Lipinski definition) is 3. The van der Waals surface area contributed by atoms with Crippen molar-refractivity contribution in [3.05, 3.63) is 19.2 Å². The summed E-state index contributed by atoms with van der Waals surface area (Å²) in [5.41, 5.74) is 0.693. The lowest BCUT2D eigenvalue weighted by molar-refractivity contribution is 0.0930. The van der Waals surface area contributed by atoms with E-state index in [1.807, 2.05) is 13.0 Å². The highest BCUT2D eigenvalue weighted by molar-refractivity contribution is 9.12. The molecule has 0 spiro atoms. The Morgan fingerprint density at radius 1 is 1.44 bits per heavy atom. The molecule has 0 bridgehead atoms. The summed E-state index contributed by atoms with van der Waals surface area (Å²) in [5, 5.41) is 3.02. The molecule has 0 saturated heterocycles. The van der Waals surface area contributed by atoms with Crippen molar-refractivity contribution in [1.82, 2.24) is 10.2 Å². The minimum absolute atomic E-state index is 0.0246. The summed E-state index contributed by atoms with van der Waals surface area (Å²) in [6, 6.07) is 1.98. The zero-order chi connectivity index (χ0) is 13.7. The molecule has 18 heavy (non-hydrogen) atoms. The van der Waals surface area contributed by atoms with Crippen LogP contribution < -0.4 is 5.32 Å². The number of carbonyl (C=O) groups is 1. The average Bonchev–Trinajstić information content (AvgIpc) is 2.65. The van der Waals surface area contributed by atoms with Gasteiger partial charge in [0.25, 0.3) is 5.91 Å². The third kappa shape index (κ3) is 4.64. The Morgan fingerprint density at radius 2 is 2.06 bits per heavy atom. The highest BCUT2D eigenvalue weighted by Gasteiger charge is 2.16. The minimum atomic E-state index is -0.0246. The maximum Gasteiger partial charge on any atom is 0.253 e. The molecule has 1 atom stereocenters. The van der Waals surface area contributed by atoms with Crippen LogP contribution in [0.3, 0.4) is 0 Å². The Bertz CT molecular complexity index is 405. The zero-order valence-electron chi connectivity index (χ0n) is 10.8. The molecule has 0 saturated carbocycles. The summed E-state index contributed by atoms with van der Waals surface area (Å²) in [6.45, 7) is 9.18. The first-order valence-electron chi connectivity index (χ1n) is 5.95. The van der Waals surface area contributed by atoms with Gasteiger partial charge in [-0.2, -0.15) is 0 Å². The topological polar surface area (TPSA) is 32.3 Å². The lowest BCUT2D eigenvalue weighted by Gasteiger charge is -2.23. The number of hydrogen-bond donors (Lipinski definition) is 1. The fourth-order valence-electron chi connectivity index (χ4n) is 1.71. The fourth-order valence-corrected chi connectivity index (χ4v) is 4.50. The molecule has 0 radical (unpaired) electrons. The number of carbonyl (C=O) groups excluding carboxylic acids is 1. The zero-order valence-corrected chi connectivity index (χ0v) is 14.8. The third-order valence-corrected chi connectivity index (χ3v) is 5.04. The van der Waals surface area contributed by atoms with Crippen LogP contribution in [-0.4, -0.2) is 36.5 Å². The van der Waals surface area contributed by atoms with Crippen LogP contribution in [0.4, 0.5) is 0 Å². The fraction of sp³-hybridized carbons (Fsp3) is 0.583. The van der Waals surface area contributed by atoms with Crippen molar-refractivity contribution in [3.63, 3.8) is 0 Å². The molecule has 1 amide bonds. The number of nitrogens with one attached hydrogen (secondary N) is 1. The normalized spacial score (nSPS) is 12.8. The molecule has 1 aromatic rings. The first kappa shape index (κ1) is 16.1. The monoisotopic (exact) mass is 396 g/mol. The van der Waals surface area contributed by atoms with E-state index in [2.05, 4.69) is 55.9 Å². The average molecular weight is 398 g/mol. The summed E-state index contributed by atoms with van der Waals surface area (Å²) in [5.74, 6) is -0.0246. The van der Waals surface area contributed by atoms with Gasteiger partial charge < -0.3 is 10.2 Å². The van der Waals surface area contributed by atoms with Crippen molar-refractivity contribution >= 4 is 49.1 Å². The van der Waals surface area contributed by atoms with Crippen LogP contribution in [0.5, 0.6) is 0 Å². The van der Waals surface area contributed by atoms with Gasteiger partial charge >= 0.3 is 0 Å². The van der Waals surface area contributed by atoms with Gasteiger partial charge in [0, 0.05) is 12.6 Å². The van der Waals surface area contributed by atoms with Crippen LogP contribution in [0.2, 0.25) is 0 Å². The van der Waals surface area contributed by atoms with Crippen LogP contribution in [0.25, 0.3) is 0 Å². The lowest BCUT2D eigenvalue weighted by Crippen LogP contribution is -2.41. The second-order valence-electron chi connectivity index (χ2n) is 4.10. The summed E-state index contributed by atoms with van der Waals surface area (Å²) in [7, 11) is 0. The Balaban J connectivity index is 2.57. The molecule has 1 unspecified atom stereocenters. The van der Waals surface area contributed by atoms with E-state index in [-0.39, 0.29) is 11.9 Å². The van der Waals surface area contributed by atoms with Crippen LogP contribution in [0, 0.1) is 0 Å². The van der Waals surface area contributed by atoms with E-state index in [1.165, 1.54) is 11.3 Å². The van der Waals surface area contributed by atoms with Gasteiger partial charge in [0.05, 0.1) is 13.1 Å². The first-order valence-corrected chi connectivity index (χ1v) is 8.36. The van der Waals surface area contributed by atoms with Gasteiger partial charge in [-0.3, -0.25) is 4.79 Å². The molecule has 1 aromatic heterocycles. The highest BCUT2D eigenvalue weighted by Crippen LogP contribution is 2.31. The Kier molecular flexibility index (Phi) is 6.84. The summed E-state index contributed by atoms with van der Waals surface area (Å²) < 4.78 is 1.82. The highest BCUT2D eigenvalue weighted by atomic mass is 79.9. The molecule has 0 aromatic carbocycles. The van der Waals surface area contributed by atoms with Crippen molar-refractivity contribution in [2.45, 2.75) is 26.8 Å². The Morgan fingerprint density at radius 3 is 2.50 bits per heavy atom. The summed E-state index contributed by atoms with van der Waals surface area (Å²) >= 11 is 8.29. The SMILES string of the molecule is CCN(CC)CC(C)NC(=O)c1cc(Br)sc1Br. The maximum atomic E-state index is 12.1. The second kappa shape index (κ2) is 7.62.